The van der Waals surface area contributed by atoms with Gasteiger partial charge in [-0.05, 0) is 71.2 Å². The number of carbonyl (C=O) groups excluding carboxylic acids is 2. The van der Waals surface area contributed by atoms with Gasteiger partial charge in [0, 0.05) is 53.5 Å². The van der Waals surface area contributed by atoms with Crippen molar-refractivity contribution in [3.8, 4) is 0 Å². The Morgan fingerprint density at radius 1 is 1.19 bits per heavy atom. The molecular weight excluding hydrogens is 474 g/mol. The highest BCUT2D eigenvalue weighted by atomic mass is 19.3. The molecule has 1 aromatic carbocycles. The molecule has 0 N–H and O–H groups in total. The summed E-state index contributed by atoms with van der Waals surface area (Å²) in [4.78, 5) is 28.1. The van der Waals surface area contributed by atoms with Gasteiger partial charge in [0.1, 0.15) is 5.76 Å². The number of hydrogen-bond donors (Lipinski definition) is 0. The number of aromatic nitrogens is 1. The molecule has 0 unspecified atom stereocenters. The Bertz CT molecular complexity index is 1240. The van der Waals surface area contributed by atoms with Gasteiger partial charge in [-0.25, -0.2) is 8.78 Å². The Labute approximate surface area is 218 Å². The van der Waals surface area contributed by atoms with Gasteiger partial charge >= 0.3 is 0 Å². The van der Waals surface area contributed by atoms with Crippen LogP contribution in [0.15, 0.2) is 47.2 Å². The summed E-state index contributed by atoms with van der Waals surface area (Å²) < 4.78 is 34.7. The molecule has 2 heterocycles. The minimum absolute atomic E-state index is 0.0154. The Morgan fingerprint density at radius 3 is 2.51 bits per heavy atom. The molecule has 4 rings (SSSR count). The fourth-order valence-electron chi connectivity index (χ4n) is 6.13. The van der Waals surface area contributed by atoms with Crippen LogP contribution in [-0.4, -0.2) is 53.7 Å². The number of Topliss-reactive ketones (excluding diaryl/α,β-unsaturated/α-hetero) is 2. The average molecular weight is 513 g/mol. The Balaban J connectivity index is 1.56. The number of allylic oxidation sites excluding steroid dienone is 3. The highest BCUT2D eigenvalue weighted by molar-refractivity contribution is 6.10. The van der Waals surface area contributed by atoms with Gasteiger partial charge in [0.2, 0.25) is 0 Å². The summed E-state index contributed by atoms with van der Waals surface area (Å²) in [5.41, 5.74) is 4.19. The lowest BCUT2D eigenvalue weighted by Crippen LogP contribution is -2.41. The Hall–Kier alpha value is -2.80. The Morgan fingerprint density at radius 2 is 1.86 bits per heavy atom. The normalized spacial score (nSPS) is 18.9. The van der Waals surface area contributed by atoms with Crippen LogP contribution < -0.4 is 0 Å². The molecule has 1 aliphatic heterocycles. The number of piperidine rings is 1. The van der Waals surface area contributed by atoms with E-state index in [1.54, 1.807) is 7.11 Å². The van der Waals surface area contributed by atoms with Gasteiger partial charge in [0.05, 0.1) is 13.7 Å². The number of para-hydroxylation sites is 1. The van der Waals surface area contributed by atoms with Crippen LogP contribution in [0.1, 0.15) is 75.0 Å². The fraction of sp³-hybridized carbons (Fsp3) is 0.533. The standard InChI is InChI=1S/C30H38F2N2O3/c1-19-16-27(36)24(28(17-19)37-5)10-11-26(35)29-21(3)34(25-9-7-6-8-23(25)29)20(2)22-12-14-33(15-13-22)18-30(4,31)32/h6-9,17,20,22H,10-16,18H2,1-5H3/t20-/m1/s1. The van der Waals surface area contributed by atoms with Crippen LogP contribution in [0.2, 0.25) is 0 Å². The summed E-state index contributed by atoms with van der Waals surface area (Å²) in [7, 11) is 1.55. The summed E-state index contributed by atoms with van der Waals surface area (Å²) >= 11 is 0. The van der Waals surface area contributed by atoms with E-state index in [9.17, 15) is 18.4 Å². The Kier molecular flexibility index (Phi) is 8.02. The first-order valence-corrected chi connectivity index (χ1v) is 13.2. The first-order chi connectivity index (χ1) is 17.5. The number of halogens is 2. The first kappa shape index (κ1) is 27.2. The van der Waals surface area contributed by atoms with Crippen molar-refractivity contribution in [2.24, 2.45) is 5.92 Å². The quantitative estimate of drug-likeness (QED) is 0.353. The molecule has 2 aliphatic rings. The predicted molar refractivity (Wildman–Crippen MR) is 142 cm³/mol. The number of hydrogen-bond acceptors (Lipinski definition) is 4. The zero-order valence-electron chi connectivity index (χ0n) is 22.6. The van der Waals surface area contributed by atoms with Crippen LogP contribution in [0.5, 0.6) is 0 Å². The van der Waals surface area contributed by atoms with Gasteiger partial charge in [-0.3, -0.25) is 14.5 Å². The number of likely N-dealkylation sites (tertiary alicyclic amines) is 1. The maximum atomic E-state index is 13.6. The van der Waals surface area contributed by atoms with E-state index < -0.39 is 5.92 Å². The summed E-state index contributed by atoms with van der Waals surface area (Å²) in [6.45, 7) is 8.16. The number of ketones is 2. The average Bonchev–Trinajstić information content (AvgIpc) is 3.13. The molecule has 5 nitrogen and oxygen atoms in total. The van der Waals surface area contributed by atoms with Crippen LogP contribution in [0.4, 0.5) is 8.78 Å². The molecule has 0 bridgehead atoms. The monoisotopic (exact) mass is 512 g/mol. The molecule has 0 radical (unpaired) electrons. The maximum absolute atomic E-state index is 13.6. The van der Waals surface area contributed by atoms with Crippen LogP contribution >= 0.6 is 0 Å². The van der Waals surface area contributed by atoms with Gasteiger partial charge in [-0.1, -0.05) is 23.8 Å². The summed E-state index contributed by atoms with van der Waals surface area (Å²) in [5, 5.41) is 0.923. The van der Waals surface area contributed by atoms with Crippen molar-refractivity contribution < 1.29 is 23.1 Å². The van der Waals surface area contributed by atoms with E-state index in [0.29, 0.717) is 48.7 Å². The fourth-order valence-corrected chi connectivity index (χ4v) is 6.13. The molecule has 0 spiro atoms. The molecule has 1 saturated heterocycles. The number of carbonyl (C=O) groups is 2. The van der Waals surface area contributed by atoms with Crippen molar-refractivity contribution in [1.29, 1.82) is 0 Å². The lowest BCUT2D eigenvalue weighted by Gasteiger charge is -2.37. The second-order valence-electron chi connectivity index (χ2n) is 10.8. The lowest BCUT2D eigenvalue weighted by atomic mass is 9.89. The number of nitrogens with zero attached hydrogens (tertiary/aromatic N) is 2. The van der Waals surface area contributed by atoms with E-state index in [-0.39, 0.29) is 30.6 Å². The van der Waals surface area contributed by atoms with E-state index in [0.717, 1.165) is 41.9 Å². The minimum atomic E-state index is -2.68. The summed E-state index contributed by atoms with van der Waals surface area (Å²) in [6.07, 6.45) is 4.51. The van der Waals surface area contributed by atoms with Crippen LogP contribution in [0.25, 0.3) is 10.9 Å². The van der Waals surface area contributed by atoms with Gasteiger partial charge in [0.25, 0.3) is 5.92 Å². The highest BCUT2D eigenvalue weighted by Crippen LogP contribution is 2.37. The van der Waals surface area contributed by atoms with Crippen molar-refractivity contribution in [3.05, 3.63) is 58.5 Å². The number of rotatable bonds is 9. The number of ether oxygens (including phenoxy) is 1. The van der Waals surface area contributed by atoms with Gasteiger partial charge in [0.15, 0.2) is 11.6 Å². The van der Waals surface area contributed by atoms with Crippen molar-refractivity contribution >= 4 is 22.5 Å². The maximum Gasteiger partial charge on any atom is 0.257 e. The van der Waals surface area contributed by atoms with Crippen LogP contribution in [0.3, 0.4) is 0 Å². The van der Waals surface area contributed by atoms with E-state index in [2.05, 4.69) is 11.5 Å². The minimum Gasteiger partial charge on any atom is -0.496 e. The first-order valence-electron chi connectivity index (χ1n) is 13.2. The third-order valence-electron chi connectivity index (χ3n) is 7.93. The smallest absolute Gasteiger partial charge is 0.257 e. The molecule has 37 heavy (non-hydrogen) atoms. The predicted octanol–water partition coefficient (Wildman–Crippen LogP) is 6.66. The zero-order valence-corrected chi connectivity index (χ0v) is 22.6. The molecule has 1 aromatic heterocycles. The molecule has 2 aromatic rings. The van der Waals surface area contributed by atoms with Crippen molar-refractivity contribution in [1.82, 2.24) is 9.47 Å². The molecule has 7 heteroatoms. The van der Waals surface area contributed by atoms with Gasteiger partial charge in [-0.15, -0.1) is 0 Å². The van der Waals surface area contributed by atoms with E-state index in [1.165, 1.54) is 0 Å². The summed E-state index contributed by atoms with van der Waals surface area (Å²) in [6, 6.07) is 8.09. The molecule has 1 fully saturated rings. The number of alkyl halides is 2. The largest absolute Gasteiger partial charge is 0.496 e. The number of benzene rings is 1. The van der Waals surface area contributed by atoms with Crippen molar-refractivity contribution in [3.63, 3.8) is 0 Å². The van der Waals surface area contributed by atoms with E-state index in [4.69, 9.17) is 4.74 Å². The van der Waals surface area contributed by atoms with E-state index >= 15 is 0 Å². The molecular formula is C30H38F2N2O3. The summed E-state index contributed by atoms with van der Waals surface area (Å²) in [5.74, 6) is -1.76. The second-order valence-corrected chi connectivity index (χ2v) is 10.8. The van der Waals surface area contributed by atoms with Crippen molar-refractivity contribution in [2.75, 3.05) is 26.7 Å². The molecule has 0 amide bonds. The zero-order chi connectivity index (χ0) is 26.9. The third-order valence-corrected chi connectivity index (χ3v) is 7.93. The highest BCUT2D eigenvalue weighted by Gasteiger charge is 2.32. The SMILES string of the molecule is COC1=C(CCC(=O)c2c(C)n([C@H](C)C3CCN(CC(C)(F)F)CC3)c3ccccc23)C(=O)CC(C)=C1. The molecule has 0 saturated carbocycles. The topological polar surface area (TPSA) is 51.5 Å². The van der Waals surface area contributed by atoms with Crippen LogP contribution in [-0.2, 0) is 9.53 Å². The number of methoxy groups -OCH3 is 1. The third kappa shape index (κ3) is 5.87. The van der Waals surface area contributed by atoms with Crippen molar-refractivity contribution in [2.45, 2.75) is 71.8 Å². The second kappa shape index (κ2) is 10.9. The molecule has 1 atom stereocenters. The van der Waals surface area contributed by atoms with Gasteiger partial charge in [-0.2, -0.15) is 0 Å². The lowest BCUT2D eigenvalue weighted by molar-refractivity contribution is -0.115. The molecule has 200 valence electrons. The number of fused-ring (bicyclic) bond motifs is 1. The van der Waals surface area contributed by atoms with Gasteiger partial charge < -0.3 is 9.30 Å². The van der Waals surface area contributed by atoms with E-state index in [1.807, 2.05) is 49.1 Å². The van der Waals surface area contributed by atoms with Crippen LogP contribution in [0, 0.1) is 12.8 Å². The molecule has 1 aliphatic carbocycles.